The van der Waals surface area contributed by atoms with Crippen LogP contribution in [0.25, 0.3) is 0 Å². The lowest BCUT2D eigenvalue weighted by atomic mass is 9.84. The molecular weight excluding hydrogens is 264 g/mol. The van der Waals surface area contributed by atoms with Gasteiger partial charge in [0.05, 0.1) is 23.7 Å². The van der Waals surface area contributed by atoms with Gasteiger partial charge >= 0.3 is 0 Å². The van der Waals surface area contributed by atoms with E-state index in [2.05, 4.69) is 5.32 Å². The predicted molar refractivity (Wildman–Crippen MR) is 76.6 cm³/mol. The largest absolute Gasteiger partial charge is 0.497 e. The molecule has 104 valence electrons. The number of nitrogens with one attached hydrogen (secondary N) is 1. The Morgan fingerprint density at radius 3 is 2.84 bits per heavy atom. The van der Waals surface area contributed by atoms with Crippen molar-refractivity contribution in [3.63, 3.8) is 0 Å². The predicted octanol–water partition coefficient (Wildman–Crippen LogP) is 2.80. The van der Waals surface area contributed by atoms with Gasteiger partial charge in [0.1, 0.15) is 5.75 Å². The number of halogens is 1. The second-order valence-electron chi connectivity index (χ2n) is 4.89. The molecule has 0 spiro atoms. The van der Waals surface area contributed by atoms with Gasteiger partial charge in [0.2, 0.25) is 5.91 Å². The topological polar surface area (TPSA) is 64.3 Å². The minimum absolute atomic E-state index is 0.0534. The van der Waals surface area contributed by atoms with Crippen LogP contribution < -0.4 is 15.8 Å². The lowest BCUT2D eigenvalue weighted by Crippen LogP contribution is -2.40. The zero-order valence-corrected chi connectivity index (χ0v) is 11.7. The molecule has 5 heteroatoms. The first-order chi connectivity index (χ1) is 9.11. The fourth-order valence-electron chi connectivity index (χ4n) is 2.44. The number of nitrogens with two attached hydrogens (primary N) is 1. The number of hydrogen-bond acceptors (Lipinski definition) is 3. The molecule has 0 saturated heterocycles. The minimum atomic E-state index is -0.129. The maximum atomic E-state index is 12.2. The molecule has 1 aliphatic carbocycles. The van der Waals surface area contributed by atoms with Gasteiger partial charge in [-0.2, -0.15) is 0 Å². The van der Waals surface area contributed by atoms with E-state index in [0.717, 1.165) is 25.7 Å². The number of carbonyl (C=O) groups excluding carboxylic acids is 1. The Bertz CT molecular complexity index is 465. The lowest BCUT2D eigenvalue weighted by molar-refractivity contribution is -0.121. The summed E-state index contributed by atoms with van der Waals surface area (Å²) < 4.78 is 5.12. The standard InChI is InChI=1S/C14H19ClN2O2/c1-19-9-6-7-11(15)13(8-9)17-14(18)10-4-2-3-5-12(10)16/h6-8,10,12H,2-5,16H2,1H3,(H,17,18). The Hall–Kier alpha value is -1.26. The fourth-order valence-corrected chi connectivity index (χ4v) is 2.60. The molecule has 2 unspecified atom stereocenters. The highest BCUT2D eigenvalue weighted by atomic mass is 35.5. The molecule has 3 N–H and O–H groups in total. The van der Waals surface area contributed by atoms with Crippen molar-refractivity contribution < 1.29 is 9.53 Å². The first-order valence-corrected chi connectivity index (χ1v) is 6.89. The van der Waals surface area contributed by atoms with Crippen LogP contribution in [0.4, 0.5) is 5.69 Å². The number of methoxy groups -OCH3 is 1. The van der Waals surface area contributed by atoms with Gasteiger partial charge in [-0.25, -0.2) is 0 Å². The highest BCUT2D eigenvalue weighted by Gasteiger charge is 2.28. The fraction of sp³-hybridized carbons (Fsp3) is 0.500. The molecule has 1 aliphatic rings. The van der Waals surface area contributed by atoms with Crippen LogP contribution in [0.3, 0.4) is 0 Å². The van der Waals surface area contributed by atoms with Crippen molar-refractivity contribution >= 4 is 23.2 Å². The summed E-state index contributed by atoms with van der Waals surface area (Å²) in [6, 6.07) is 5.12. The first-order valence-electron chi connectivity index (χ1n) is 6.52. The SMILES string of the molecule is COc1ccc(Cl)c(NC(=O)C2CCCCC2N)c1. The van der Waals surface area contributed by atoms with Crippen molar-refractivity contribution in [2.45, 2.75) is 31.7 Å². The number of benzene rings is 1. The summed E-state index contributed by atoms with van der Waals surface area (Å²) in [6.07, 6.45) is 3.90. The molecule has 1 aromatic rings. The van der Waals surface area contributed by atoms with Crippen molar-refractivity contribution in [2.24, 2.45) is 11.7 Å². The third kappa shape index (κ3) is 3.39. The summed E-state index contributed by atoms with van der Waals surface area (Å²) in [6.45, 7) is 0. The summed E-state index contributed by atoms with van der Waals surface area (Å²) >= 11 is 6.07. The molecule has 0 heterocycles. The zero-order chi connectivity index (χ0) is 13.8. The molecule has 1 aromatic carbocycles. The van der Waals surface area contributed by atoms with Crippen molar-refractivity contribution in [1.82, 2.24) is 0 Å². The Labute approximate surface area is 118 Å². The van der Waals surface area contributed by atoms with Crippen LogP contribution in [0.15, 0.2) is 18.2 Å². The average molecular weight is 283 g/mol. The summed E-state index contributed by atoms with van der Waals surface area (Å²) in [5.74, 6) is 0.478. The lowest BCUT2D eigenvalue weighted by Gasteiger charge is -2.27. The molecule has 1 saturated carbocycles. The van der Waals surface area contributed by atoms with E-state index in [1.807, 2.05) is 0 Å². The van der Waals surface area contributed by atoms with E-state index in [-0.39, 0.29) is 17.9 Å². The average Bonchev–Trinajstić information content (AvgIpc) is 2.41. The van der Waals surface area contributed by atoms with Crippen LogP contribution in [0.5, 0.6) is 5.75 Å². The van der Waals surface area contributed by atoms with Crippen LogP contribution in [0.1, 0.15) is 25.7 Å². The third-order valence-electron chi connectivity index (χ3n) is 3.59. The van der Waals surface area contributed by atoms with E-state index in [1.165, 1.54) is 0 Å². The van der Waals surface area contributed by atoms with Gasteiger partial charge in [0, 0.05) is 12.1 Å². The number of amides is 1. The van der Waals surface area contributed by atoms with Gasteiger partial charge in [-0.05, 0) is 25.0 Å². The summed E-state index contributed by atoms with van der Waals surface area (Å²) in [5, 5.41) is 3.35. The van der Waals surface area contributed by atoms with Gasteiger partial charge in [-0.3, -0.25) is 4.79 Å². The highest BCUT2D eigenvalue weighted by Crippen LogP contribution is 2.29. The van der Waals surface area contributed by atoms with Crippen molar-refractivity contribution in [3.8, 4) is 5.75 Å². The van der Waals surface area contributed by atoms with Crippen LogP contribution in [-0.4, -0.2) is 19.1 Å². The van der Waals surface area contributed by atoms with Crippen LogP contribution in [0, 0.1) is 5.92 Å². The van der Waals surface area contributed by atoms with Crippen LogP contribution >= 0.6 is 11.6 Å². The van der Waals surface area contributed by atoms with Gasteiger partial charge in [-0.1, -0.05) is 24.4 Å². The van der Waals surface area contributed by atoms with Crippen LogP contribution in [-0.2, 0) is 4.79 Å². The van der Waals surface area contributed by atoms with Gasteiger partial charge in [-0.15, -0.1) is 0 Å². The molecule has 0 aliphatic heterocycles. The smallest absolute Gasteiger partial charge is 0.229 e. The van der Waals surface area contributed by atoms with E-state index >= 15 is 0 Å². The van der Waals surface area contributed by atoms with Gasteiger partial charge in [0.15, 0.2) is 0 Å². The molecule has 0 aromatic heterocycles. The Morgan fingerprint density at radius 2 is 2.16 bits per heavy atom. The second kappa shape index (κ2) is 6.26. The molecular formula is C14H19ClN2O2. The summed E-state index contributed by atoms with van der Waals surface area (Å²) in [4.78, 5) is 12.2. The Morgan fingerprint density at radius 1 is 1.42 bits per heavy atom. The molecule has 19 heavy (non-hydrogen) atoms. The van der Waals surface area contributed by atoms with Gasteiger partial charge in [0.25, 0.3) is 0 Å². The first kappa shape index (κ1) is 14.2. The van der Waals surface area contributed by atoms with Gasteiger partial charge < -0.3 is 15.8 Å². The van der Waals surface area contributed by atoms with E-state index in [9.17, 15) is 4.79 Å². The summed E-state index contributed by atoms with van der Waals surface area (Å²) in [7, 11) is 1.58. The van der Waals surface area contributed by atoms with E-state index in [4.69, 9.17) is 22.1 Å². The van der Waals surface area contributed by atoms with E-state index < -0.39 is 0 Å². The molecule has 4 nitrogen and oxygen atoms in total. The number of ether oxygens (including phenoxy) is 1. The highest BCUT2D eigenvalue weighted by molar-refractivity contribution is 6.33. The van der Waals surface area contributed by atoms with Crippen molar-refractivity contribution in [2.75, 3.05) is 12.4 Å². The van der Waals surface area contributed by atoms with Crippen LogP contribution in [0.2, 0.25) is 5.02 Å². The van der Waals surface area contributed by atoms with Crippen molar-refractivity contribution in [1.29, 1.82) is 0 Å². The monoisotopic (exact) mass is 282 g/mol. The quantitative estimate of drug-likeness (QED) is 0.896. The molecule has 1 fully saturated rings. The minimum Gasteiger partial charge on any atom is -0.497 e. The maximum Gasteiger partial charge on any atom is 0.229 e. The summed E-state index contributed by atoms with van der Waals surface area (Å²) in [5.41, 5.74) is 6.58. The number of hydrogen-bond donors (Lipinski definition) is 2. The molecule has 0 bridgehead atoms. The molecule has 2 atom stereocenters. The number of anilines is 1. The Balaban J connectivity index is 2.09. The zero-order valence-electron chi connectivity index (χ0n) is 11.0. The second-order valence-corrected chi connectivity index (χ2v) is 5.30. The molecule has 2 rings (SSSR count). The normalized spacial score (nSPS) is 22.9. The van der Waals surface area contributed by atoms with E-state index in [1.54, 1.807) is 25.3 Å². The van der Waals surface area contributed by atoms with Crippen molar-refractivity contribution in [3.05, 3.63) is 23.2 Å². The molecule has 1 amide bonds. The molecule has 0 radical (unpaired) electrons. The third-order valence-corrected chi connectivity index (χ3v) is 3.92. The maximum absolute atomic E-state index is 12.2. The Kier molecular flexibility index (Phi) is 4.66. The number of rotatable bonds is 3. The van der Waals surface area contributed by atoms with E-state index in [0.29, 0.717) is 16.5 Å². The number of carbonyl (C=O) groups is 1.